The van der Waals surface area contributed by atoms with Crippen LogP contribution in [0.3, 0.4) is 0 Å². The Balaban J connectivity index is 2.42. The number of fused-ring (bicyclic) bond motifs is 1. The van der Waals surface area contributed by atoms with Crippen molar-refractivity contribution in [3.05, 3.63) is 21.7 Å². The third-order valence-corrected chi connectivity index (χ3v) is 4.72. The van der Waals surface area contributed by atoms with Gasteiger partial charge in [0.25, 0.3) is 5.56 Å². The van der Waals surface area contributed by atoms with Gasteiger partial charge in [0, 0.05) is 32.4 Å². The number of hydrogen-bond acceptors (Lipinski definition) is 6. The molecule has 2 heterocycles. The number of nitrogens with zero attached hydrogens (tertiary/aromatic N) is 2. The van der Waals surface area contributed by atoms with E-state index in [0.29, 0.717) is 6.42 Å². The van der Waals surface area contributed by atoms with Crippen molar-refractivity contribution in [3.8, 4) is 0 Å². The van der Waals surface area contributed by atoms with Crippen molar-refractivity contribution in [2.24, 2.45) is 0 Å². The zero-order valence-electron chi connectivity index (χ0n) is 16.0. The maximum absolute atomic E-state index is 12.9. The third-order valence-electron chi connectivity index (χ3n) is 4.72. The first-order valence-electron chi connectivity index (χ1n) is 8.35. The molecule has 2 atom stereocenters. The number of hydrogen-bond donors (Lipinski definition) is 2. The smallest absolute Gasteiger partial charge is 0.413 e. The summed E-state index contributed by atoms with van der Waals surface area (Å²) in [6.45, 7) is 7.71. The second-order valence-corrected chi connectivity index (χ2v) is 7.06. The summed E-state index contributed by atoms with van der Waals surface area (Å²) in [6, 6.07) is -0.594. The van der Waals surface area contributed by atoms with Crippen molar-refractivity contribution in [1.82, 2.24) is 14.9 Å². The van der Waals surface area contributed by atoms with E-state index < -0.39 is 13.2 Å². The highest BCUT2D eigenvalue weighted by Crippen LogP contribution is 2.41. The summed E-state index contributed by atoms with van der Waals surface area (Å²) in [4.78, 5) is 30.0. The zero-order valence-corrected chi connectivity index (χ0v) is 16.0. The molecule has 0 fully saturated rings. The lowest BCUT2D eigenvalue weighted by Gasteiger charge is -2.21. The number of aromatic nitrogens is 2. The van der Waals surface area contributed by atoms with Crippen LogP contribution in [0.2, 0.25) is 0 Å². The minimum absolute atomic E-state index is 0.229. The summed E-state index contributed by atoms with van der Waals surface area (Å²) >= 11 is 0. The van der Waals surface area contributed by atoms with Gasteiger partial charge in [-0.05, 0) is 20.3 Å². The molecule has 8 nitrogen and oxygen atoms in total. The van der Waals surface area contributed by atoms with Gasteiger partial charge in [-0.15, -0.1) is 0 Å². The SMILES string of the molecule is CNc1nc(C)c2n(c1=O)C(C(=O)N[C@@H](C)B(OC)OC)CC2(C)C. The van der Waals surface area contributed by atoms with E-state index in [9.17, 15) is 9.59 Å². The molecule has 0 saturated carbocycles. The van der Waals surface area contributed by atoms with Gasteiger partial charge in [-0.1, -0.05) is 13.8 Å². The lowest BCUT2D eigenvalue weighted by molar-refractivity contribution is -0.124. The van der Waals surface area contributed by atoms with Gasteiger partial charge in [0.15, 0.2) is 5.82 Å². The molecule has 1 amide bonds. The molecule has 1 aliphatic heterocycles. The number of carbonyl (C=O) groups is 1. The Kier molecular flexibility index (Phi) is 5.58. The largest absolute Gasteiger partial charge is 0.480 e. The van der Waals surface area contributed by atoms with E-state index in [2.05, 4.69) is 15.6 Å². The zero-order chi connectivity index (χ0) is 18.9. The molecule has 25 heavy (non-hydrogen) atoms. The number of anilines is 1. The van der Waals surface area contributed by atoms with Crippen LogP contribution in [0.5, 0.6) is 0 Å². The van der Waals surface area contributed by atoms with E-state index in [-0.39, 0.29) is 28.6 Å². The van der Waals surface area contributed by atoms with Crippen molar-refractivity contribution in [2.75, 3.05) is 26.6 Å². The van der Waals surface area contributed by atoms with Gasteiger partial charge in [0.1, 0.15) is 6.04 Å². The van der Waals surface area contributed by atoms with Crippen molar-refractivity contribution in [3.63, 3.8) is 0 Å². The predicted octanol–water partition coefficient (Wildman–Crippen LogP) is 0.641. The van der Waals surface area contributed by atoms with Crippen LogP contribution in [0.4, 0.5) is 5.82 Å². The molecule has 9 heteroatoms. The fraction of sp³-hybridized carbons (Fsp3) is 0.688. The second-order valence-electron chi connectivity index (χ2n) is 7.06. The minimum atomic E-state index is -0.594. The molecule has 0 bridgehead atoms. The molecule has 2 N–H and O–H groups in total. The molecule has 1 aromatic heterocycles. The first kappa shape index (κ1) is 19.5. The lowest BCUT2D eigenvalue weighted by atomic mass is 9.79. The van der Waals surface area contributed by atoms with Crippen molar-refractivity contribution < 1.29 is 14.1 Å². The Labute approximate surface area is 148 Å². The predicted molar refractivity (Wildman–Crippen MR) is 96.8 cm³/mol. The number of amides is 1. The van der Waals surface area contributed by atoms with Crippen LogP contribution in [0.25, 0.3) is 0 Å². The summed E-state index contributed by atoms with van der Waals surface area (Å²) in [6.07, 6.45) is 0.529. The summed E-state index contributed by atoms with van der Waals surface area (Å²) in [5, 5.41) is 5.71. The molecule has 138 valence electrons. The lowest BCUT2D eigenvalue weighted by Crippen LogP contribution is -2.49. The maximum atomic E-state index is 12.9. The highest BCUT2D eigenvalue weighted by molar-refractivity contribution is 6.46. The average molecular weight is 350 g/mol. The molecular formula is C16H27BN4O4. The van der Waals surface area contributed by atoms with E-state index in [1.807, 2.05) is 20.8 Å². The Morgan fingerprint density at radius 3 is 2.52 bits per heavy atom. The van der Waals surface area contributed by atoms with Gasteiger partial charge < -0.3 is 19.9 Å². The Bertz CT molecular complexity index is 715. The molecule has 0 aromatic carbocycles. The van der Waals surface area contributed by atoms with Crippen LogP contribution in [-0.2, 0) is 19.5 Å². The molecule has 0 saturated heterocycles. The number of rotatable bonds is 6. The fourth-order valence-electron chi connectivity index (χ4n) is 3.71. The van der Waals surface area contributed by atoms with Crippen molar-refractivity contribution in [2.45, 2.75) is 51.5 Å². The fourth-order valence-corrected chi connectivity index (χ4v) is 3.71. The van der Waals surface area contributed by atoms with Crippen molar-refractivity contribution in [1.29, 1.82) is 0 Å². The molecule has 1 unspecified atom stereocenters. The van der Waals surface area contributed by atoms with Gasteiger partial charge >= 0.3 is 7.12 Å². The van der Waals surface area contributed by atoms with E-state index in [1.54, 1.807) is 18.5 Å². The minimum Gasteiger partial charge on any atom is -0.413 e. The van der Waals surface area contributed by atoms with E-state index in [0.717, 1.165) is 11.4 Å². The van der Waals surface area contributed by atoms with Crippen LogP contribution in [0.1, 0.15) is 44.6 Å². The van der Waals surface area contributed by atoms with Crippen molar-refractivity contribution >= 4 is 18.8 Å². The normalized spacial score (nSPS) is 19.2. The summed E-state index contributed by atoms with van der Waals surface area (Å²) in [5.41, 5.74) is 0.954. The standard InChI is InChI=1S/C16H27BN4O4/c1-9-12-16(3,4)8-11(21(12)15(23)13(18-5)19-9)14(22)20-10(2)17(24-6)25-7/h10-11H,8H2,1-7H3,(H,18,19)(H,20,22)/t10-,11?/m0/s1. The molecular weight excluding hydrogens is 323 g/mol. The molecule has 0 aliphatic carbocycles. The quantitative estimate of drug-likeness (QED) is 0.732. The Morgan fingerprint density at radius 1 is 1.40 bits per heavy atom. The molecule has 1 aliphatic rings. The van der Waals surface area contributed by atoms with Crippen LogP contribution >= 0.6 is 0 Å². The third kappa shape index (κ3) is 3.43. The van der Waals surface area contributed by atoms with Crippen LogP contribution in [0.15, 0.2) is 4.79 Å². The Morgan fingerprint density at radius 2 is 2.00 bits per heavy atom. The first-order chi connectivity index (χ1) is 11.7. The van der Waals surface area contributed by atoms with Gasteiger partial charge in [-0.25, -0.2) is 4.98 Å². The number of nitrogens with one attached hydrogen (secondary N) is 2. The monoisotopic (exact) mass is 350 g/mol. The summed E-state index contributed by atoms with van der Waals surface area (Å²) < 4.78 is 12.0. The van der Waals surface area contributed by atoms with E-state index in [1.165, 1.54) is 14.2 Å². The van der Waals surface area contributed by atoms with Gasteiger partial charge in [0.2, 0.25) is 5.91 Å². The number of carbonyl (C=O) groups excluding carboxylic acids is 1. The molecule has 0 spiro atoms. The molecule has 2 rings (SSSR count). The van der Waals surface area contributed by atoms with Gasteiger partial charge in [-0.2, -0.15) is 0 Å². The van der Waals surface area contributed by atoms with Crippen LogP contribution in [-0.4, -0.2) is 49.8 Å². The second kappa shape index (κ2) is 7.17. The van der Waals surface area contributed by atoms with Gasteiger partial charge in [0.05, 0.1) is 11.6 Å². The summed E-state index contributed by atoms with van der Waals surface area (Å²) in [7, 11) is 4.13. The average Bonchev–Trinajstić information content (AvgIpc) is 2.84. The van der Waals surface area contributed by atoms with Crippen LogP contribution < -0.4 is 16.2 Å². The maximum Gasteiger partial charge on any atom is 0.480 e. The molecule has 1 aromatic rings. The van der Waals surface area contributed by atoms with Gasteiger partial charge in [-0.3, -0.25) is 14.2 Å². The number of aryl methyl sites for hydroxylation is 1. The molecule has 0 radical (unpaired) electrons. The Hall–Kier alpha value is -1.87. The first-order valence-corrected chi connectivity index (χ1v) is 8.35. The van der Waals surface area contributed by atoms with Crippen LogP contribution in [0, 0.1) is 6.92 Å². The van der Waals surface area contributed by atoms with E-state index >= 15 is 0 Å². The topological polar surface area (TPSA) is 94.5 Å². The summed E-state index contributed by atoms with van der Waals surface area (Å²) in [5.74, 6) is -0.332. The highest BCUT2D eigenvalue weighted by atomic mass is 16.6. The van der Waals surface area contributed by atoms with E-state index in [4.69, 9.17) is 9.31 Å². The highest BCUT2D eigenvalue weighted by Gasteiger charge is 2.44.